The number of aromatic amines is 1. The van der Waals surface area contributed by atoms with Crippen LogP contribution in [0.1, 0.15) is 45.4 Å². The number of amides is 1. The molecule has 0 radical (unpaired) electrons. The molecule has 2 rings (SSSR count). The molecule has 7 nitrogen and oxygen atoms in total. The molecule has 0 aliphatic heterocycles. The molecule has 27 heavy (non-hydrogen) atoms. The summed E-state index contributed by atoms with van der Waals surface area (Å²) in [5, 5.41) is 2.58. The van der Waals surface area contributed by atoms with Gasteiger partial charge in [-0.1, -0.05) is 20.8 Å². The Morgan fingerprint density at radius 3 is 2.59 bits per heavy atom. The number of nitrogens with zero attached hydrogens (tertiary/aromatic N) is 1. The Morgan fingerprint density at radius 1 is 1.19 bits per heavy atom. The highest BCUT2D eigenvalue weighted by Gasteiger charge is 2.16. The van der Waals surface area contributed by atoms with Gasteiger partial charge in [0, 0.05) is 12.1 Å². The van der Waals surface area contributed by atoms with Crippen LogP contribution in [-0.2, 0) is 12.8 Å². The summed E-state index contributed by atoms with van der Waals surface area (Å²) in [5.74, 6) is 1.33. The van der Waals surface area contributed by atoms with Crippen LogP contribution >= 0.6 is 0 Å². The fourth-order valence-corrected chi connectivity index (χ4v) is 2.71. The molecule has 7 heteroatoms. The first kappa shape index (κ1) is 20.5. The zero-order valence-corrected chi connectivity index (χ0v) is 16.3. The molecule has 0 saturated carbocycles. The van der Waals surface area contributed by atoms with Gasteiger partial charge in [-0.15, -0.1) is 0 Å². The van der Waals surface area contributed by atoms with E-state index in [4.69, 9.17) is 9.47 Å². The molecule has 0 atom stereocenters. The molecule has 1 aromatic carbocycles. The second-order valence-corrected chi connectivity index (χ2v) is 5.97. The highest BCUT2D eigenvalue weighted by atomic mass is 16.6. The van der Waals surface area contributed by atoms with Crippen molar-refractivity contribution in [3.8, 4) is 22.9 Å². The van der Waals surface area contributed by atoms with Gasteiger partial charge in [0.25, 0.3) is 5.56 Å². The third-order valence-electron chi connectivity index (χ3n) is 3.99. The van der Waals surface area contributed by atoms with Crippen LogP contribution in [0.25, 0.3) is 11.4 Å². The molecule has 2 aromatic rings. The Balaban J connectivity index is 2.52. The second-order valence-electron chi connectivity index (χ2n) is 5.97. The lowest BCUT2D eigenvalue weighted by Gasteiger charge is -2.14. The number of carbonyl (C=O) groups excluding carboxylic acids is 1. The smallest absolute Gasteiger partial charge is 0.412 e. The van der Waals surface area contributed by atoms with Gasteiger partial charge in [0.05, 0.1) is 17.9 Å². The van der Waals surface area contributed by atoms with Gasteiger partial charge >= 0.3 is 6.09 Å². The molecule has 0 saturated heterocycles. The minimum Gasteiger partial charge on any atom is -0.493 e. The number of carbonyl (C=O) groups is 1. The number of H-pyrrole nitrogens is 1. The summed E-state index contributed by atoms with van der Waals surface area (Å²) in [4.78, 5) is 31.6. The van der Waals surface area contributed by atoms with Crippen molar-refractivity contribution in [2.75, 3.05) is 13.2 Å². The van der Waals surface area contributed by atoms with E-state index in [9.17, 15) is 9.59 Å². The standard InChI is InChI=1S/C20H27N3O4/c1-5-11-26-17-10-9-13(27-20(25)21-8-4)12-15(17)18-22-16(7-3)14(6-2)19(24)23-18/h9-10,12H,5-8,11H2,1-4H3,(H,21,25)(H,22,23,24). The van der Waals surface area contributed by atoms with Crippen molar-refractivity contribution in [3.05, 3.63) is 39.8 Å². The highest BCUT2D eigenvalue weighted by molar-refractivity contribution is 5.72. The van der Waals surface area contributed by atoms with Gasteiger partial charge in [-0.05, 0) is 44.4 Å². The van der Waals surface area contributed by atoms with Crippen molar-refractivity contribution >= 4 is 6.09 Å². The predicted molar refractivity (Wildman–Crippen MR) is 105 cm³/mol. The zero-order valence-electron chi connectivity index (χ0n) is 16.3. The summed E-state index contributed by atoms with van der Waals surface area (Å²) in [7, 11) is 0. The summed E-state index contributed by atoms with van der Waals surface area (Å²) >= 11 is 0. The fraction of sp³-hybridized carbons (Fsp3) is 0.450. The van der Waals surface area contributed by atoms with Gasteiger partial charge in [-0.3, -0.25) is 4.79 Å². The van der Waals surface area contributed by atoms with Crippen LogP contribution in [0.3, 0.4) is 0 Å². The average molecular weight is 373 g/mol. The second kappa shape index (κ2) is 9.75. The molecule has 0 spiro atoms. The molecule has 0 unspecified atom stereocenters. The largest absolute Gasteiger partial charge is 0.493 e. The summed E-state index contributed by atoms with van der Waals surface area (Å²) in [5.41, 5.74) is 1.87. The van der Waals surface area contributed by atoms with Crippen LogP contribution < -0.4 is 20.3 Å². The molecule has 1 amide bonds. The van der Waals surface area contributed by atoms with Crippen molar-refractivity contribution in [3.63, 3.8) is 0 Å². The minimum absolute atomic E-state index is 0.157. The van der Waals surface area contributed by atoms with Crippen molar-refractivity contribution < 1.29 is 14.3 Å². The van der Waals surface area contributed by atoms with E-state index in [-0.39, 0.29) is 5.56 Å². The molecule has 146 valence electrons. The first-order chi connectivity index (χ1) is 13.0. The third-order valence-corrected chi connectivity index (χ3v) is 3.99. The number of benzene rings is 1. The number of aryl methyl sites for hydroxylation is 1. The Morgan fingerprint density at radius 2 is 1.96 bits per heavy atom. The molecular formula is C20H27N3O4. The Hall–Kier alpha value is -2.83. The summed E-state index contributed by atoms with van der Waals surface area (Å²) < 4.78 is 11.1. The van der Waals surface area contributed by atoms with Crippen LogP contribution in [0.2, 0.25) is 0 Å². The van der Waals surface area contributed by atoms with E-state index in [1.165, 1.54) is 0 Å². The lowest BCUT2D eigenvalue weighted by atomic mass is 10.1. The van der Waals surface area contributed by atoms with E-state index in [0.717, 1.165) is 12.1 Å². The van der Waals surface area contributed by atoms with Crippen molar-refractivity contribution in [2.45, 2.75) is 47.0 Å². The van der Waals surface area contributed by atoms with Gasteiger partial charge in [0.15, 0.2) is 0 Å². The number of ether oxygens (including phenoxy) is 2. The summed E-state index contributed by atoms with van der Waals surface area (Å²) in [6.45, 7) is 8.72. The number of hydrogen-bond donors (Lipinski definition) is 2. The maximum absolute atomic E-state index is 12.5. The Labute approximate surface area is 159 Å². The van der Waals surface area contributed by atoms with Gasteiger partial charge in [-0.25, -0.2) is 9.78 Å². The molecule has 2 N–H and O–H groups in total. The van der Waals surface area contributed by atoms with Gasteiger partial charge in [0.1, 0.15) is 17.3 Å². The van der Waals surface area contributed by atoms with Crippen LogP contribution in [-0.4, -0.2) is 29.2 Å². The van der Waals surface area contributed by atoms with Crippen molar-refractivity contribution in [2.24, 2.45) is 0 Å². The zero-order chi connectivity index (χ0) is 19.8. The summed E-state index contributed by atoms with van der Waals surface area (Å²) in [6.07, 6.45) is 1.57. The SMILES string of the molecule is CCCOc1ccc(OC(=O)NCC)cc1-c1nc(CC)c(CC)c(=O)[nH]1. The molecule has 0 bridgehead atoms. The first-order valence-electron chi connectivity index (χ1n) is 9.38. The molecule has 0 aliphatic rings. The van der Waals surface area contributed by atoms with Gasteiger partial charge in [-0.2, -0.15) is 0 Å². The van der Waals surface area contributed by atoms with E-state index in [0.29, 0.717) is 54.4 Å². The van der Waals surface area contributed by atoms with E-state index < -0.39 is 6.09 Å². The predicted octanol–water partition coefficient (Wildman–Crippen LogP) is 3.46. The van der Waals surface area contributed by atoms with Gasteiger partial charge in [0.2, 0.25) is 0 Å². The van der Waals surface area contributed by atoms with Crippen molar-refractivity contribution in [1.29, 1.82) is 0 Å². The van der Waals surface area contributed by atoms with E-state index in [2.05, 4.69) is 15.3 Å². The van der Waals surface area contributed by atoms with Crippen LogP contribution in [0.5, 0.6) is 11.5 Å². The van der Waals surface area contributed by atoms with E-state index >= 15 is 0 Å². The number of nitrogens with one attached hydrogen (secondary N) is 2. The van der Waals surface area contributed by atoms with E-state index in [1.54, 1.807) is 18.2 Å². The fourth-order valence-electron chi connectivity index (χ4n) is 2.71. The normalized spacial score (nSPS) is 10.5. The Bertz CT molecular complexity index is 846. The quantitative estimate of drug-likeness (QED) is 0.739. The molecular weight excluding hydrogens is 346 g/mol. The lowest BCUT2D eigenvalue weighted by molar-refractivity contribution is 0.201. The minimum atomic E-state index is -0.539. The first-order valence-corrected chi connectivity index (χ1v) is 9.38. The lowest BCUT2D eigenvalue weighted by Crippen LogP contribution is -2.26. The van der Waals surface area contributed by atoms with Crippen LogP contribution in [0.15, 0.2) is 23.0 Å². The third kappa shape index (κ3) is 5.09. The summed E-state index contributed by atoms with van der Waals surface area (Å²) in [6, 6.07) is 5.03. The maximum atomic E-state index is 12.5. The topological polar surface area (TPSA) is 93.3 Å². The number of aromatic nitrogens is 2. The Kier molecular flexibility index (Phi) is 7.40. The molecule has 1 aromatic heterocycles. The van der Waals surface area contributed by atoms with Crippen molar-refractivity contribution in [1.82, 2.24) is 15.3 Å². The van der Waals surface area contributed by atoms with Crippen LogP contribution in [0.4, 0.5) is 4.79 Å². The average Bonchev–Trinajstić information content (AvgIpc) is 2.66. The molecule has 0 fully saturated rings. The maximum Gasteiger partial charge on any atom is 0.412 e. The highest BCUT2D eigenvalue weighted by Crippen LogP contribution is 2.32. The van der Waals surface area contributed by atoms with Crippen LogP contribution in [0, 0.1) is 0 Å². The number of hydrogen-bond acceptors (Lipinski definition) is 5. The molecule has 0 aliphatic carbocycles. The van der Waals surface area contributed by atoms with Gasteiger partial charge < -0.3 is 19.8 Å². The molecule has 1 heterocycles. The monoisotopic (exact) mass is 373 g/mol. The number of rotatable bonds is 8. The van der Waals surface area contributed by atoms with E-state index in [1.807, 2.05) is 27.7 Å².